The molecule has 22 heavy (non-hydrogen) atoms. The first-order valence-corrected chi connectivity index (χ1v) is 7.48. The Bertz CT molecular complexity index is 675. The van der Waals surface area contributed by atoms with E-state index in [-0.39, 0.29) is 12.5 Å². The van der Waals surface area contributed by atoms with E-state index in [1.165, 1.54) is 6.08 Å². The SMILES string of the molecule is O=C(C=Cc1ccco1)NCC1(O)CCCc2ccccc21. The van der Waals surface area contributed by atoms with E-state index >= 15 is 0 Å². The van der Waals surface area contributed by atoms with Gasteiger partial charge in [0.2, 0.25) is 5.91 Å². The highest BCUT2D eigenvalue weighted by atomic mass is 16.3. The van der Waals surface area contributed by atoms with Crippen molar-refractivity contribution in [2.75, 3.05) is 6.54 Å². The summed E-state index contributed by atoms with van der Waals surface area (Å²) in [6.45, 7) is 0.214. The summed E-state index contributed by atoms with van der Waals surface area (Å²) in [5, 5.41) is 13.6. The lowest BCUT2D eigenvalue weighted by Gasteiger charge is -2.34. The van der Waals surface area contributed by atoms with Gasteiger partial charge in [0.05, 0.1) is 12.8 Å². The Balaban J connectivity index is 1.65. The molecule has 1 aliphatic carbocycles. The van der Waals surface area contributed by atoms with E-state index in [4.69, 9.17) is 4.42 Å². The van der Waals surface area contributed by atoms with Gasteiger partial charge in [-0.3, -0.25) is 4.79 Å². The van der Waals surface area contributed by atoms with Gasteiger partial charge in [0.15, 0.2) is 0 Å². The lowest BCUT2D eigenvalue weighted by atomic mass is 9.79. The Morgan fingerprint density at radius 2 is 2.18 bits per heavy atom. The minimum Gasteiger partial charge on any atom is -0.465 e. The summed E-state index contributed by atoms with van der Waals surface area (Å²) < 4.78 is 5.13. The molecule has 1 heterocycles. The second-order valence-corrected chi connectivity index (χ2v) is 5.61. The summed E-state index contributed by atoms with van der Waals surface area (Å²) in [4.78, 5) is 11.9. The maximum Gasteiger partial charge on any atom is 0.244 e. The van der Waals surface area contributed by atoms with Crippen LogP contribution in [0.15, 0.2) is 53.2 Å². The summed E-state index contributed by atoms with van der Waals surface area (Å²) in [7, 11) is 0. The molecule has 1 unspecified atom stereocenters. The minimum absolute atomic E-state index is 0.214. The number of benzene rings is 1. The Morgan fingerprint density at radius 3 is 3.00 bits per heavy atom. The number of amides is 1. The fourth-order valence-electron chi connectivity index (χ4n) is 2.92. The third-order valence-corrected chi connectivity index (χ3v) is 4.05. The quantitative estimate of drug-likeness (QED) is 0.853. The van der Waals surface area contributed by atoms with Gasteiger partial charge in [-0.05, 0) is 48.6 Å². The van der Waals surface area contributed by atoms with E-state index in [9.17, 15) is 9.90 Å². The molecule has 3 rings (SSSR count). The van der Waals surface area contributed by atoms with Crippen molar-refractivity contribution >= 4 is 12.0 Å². The van der Waals surface area contributed by atoms with Crippen molar-refractivity contribution in [1.29, 1.82) is 0 Å². The van der Waals surface area contributed by atoms with Crippen LogP contribution in [0.4, 0.5) is 0 Å². The Kier molecular flexibility index (Phi) is 4.11. The predicted molar refractivity (Wildman–Crippen MR) is 84.0 cm³/mol. The third-order valence-electron chi connectivity index (χ3n) is 4.05. The zero-order valence-electron chi connectivity index (χ0n) is 12.3. The van der Waals surface area contributed by atoms with Gasteiger partial charge in [0.25, 0.3) is 0 Å². The molecule has 0 aliphatic heterocycles. The number of aliphatic hydroxyl groups is 1. The maximum absolute atomic E-state index is 11.9. The van der Waals surface area contributed by atoms with Gasteiger partial charge in [0.1, 0.15) is 11.4 Å². The van der Waals surface area contributed by atoms with Crippen LogP contribution in [0.3, 0.4) is 0 Å². The highest BCUT2D eigenvalue weighted by molar-refractivity contribution is 5.91. The first-order valence-electron chi connectivity index (χ1n) is 7.48. The largest absolute Gasteiger partial charge is 0.465 e. The molecule has 1 atom stereocenters. The van der Waals surface area contributed by atoms with Crippen LogP contribution in [0.2, 0.25) is 0 Å². The minimum atomic E-state index is -0.983. The summed E-state index contributed by atoms with van der Waals surface area (Å²) in [6.07, 6.45) is 7.13. The molecule has 114 valence electrons. The maximum atomic E-state index is 11.9. The fraction of sp³-hybridized carbons (Fsp3) is 0.278. The van der Waals surface area contributed by atoms with Gasteiger partial charge < -0.3 is 14.8 Å². The van der Waals surface area contributed by atoms with Gasteiger partial charge in [-0.1, -0.05) is 24.3 Å². The molecule has 2 aromatic rings. The van der Waals surface area contributed by atoms with Gasteiger partial charge in [-0.2, -0.15) is 0 Å². The Labute approximate surface area is 129 Å². The predicted octanol–water partition coefficient (Wildman–Crippen LogP) is 2.63. The highest BCUT2D eigenvalue weighted by Crippen LogP contribution is 2.34. The van der Waals surface area contributed by atoms with Gasteiger partial charge in [0, 0.05) is 6.08 Å². The number of fused-ring (bicyclic) bond motifs is 1. The fourth-order valence-corrected chi connectivity index (χ4v) is 2.92. The normalized spacial score (nSPS) is 20.8. The Morgan fingerprint density at radius 1 is 1.32 bits per heavy atom. The monoisotopic (exact) mass is 297 g/mol. The van der Waals surface area contributed by atoms with Crippen LogP contribution in [-0.4, -0.2) is 17.6 Å². The van der Waals surface area contributed by atoms with E-state index < -0.39 is 5.60 Å². The summed E-state index contributed by atoms with van der Waals surface area (Å²) >= 11 is 0. The second kappa shape index (κ2) is 6.20. The molecule has 0 bridgehead atoms. The zero-order chi connectivity index (χ0) is 15.4. The van der Waals surface area contributed by atoms with Gasteiger partial charge >= 0.3 is 0 Å². The molecule has 0 saturated carbocycles. The van der Waals surface area contributed by atoms with Crippen LogP contribution >= 0.6 is 0 Å². The van der Waals surface area contributed by atoms with E-state index in [2.05, 4.69) is 5.32 Å². The van der Waals surface area contributed by atoms with E-state index in [1.807, 2.05) is 24.3 Å². The van der Waals surface area contributed by atoms with Crippen molar-refractivity contribution in [3.05, 3.63) is 65.6 Å². The van der Waals surface area contributed by atoms with Crippen LogP contribution in [0.1, 0.15) is 29.7 Å². The number of rotatable bonds is 4. The molecule has 1 aliphatic rings. The molecular formula is C18H19NO3. The van der Waals surface area contributed by atoms with Crippen molar-refractivity contribution in [3.8, 4) is 0 Å². The summed E-state index contributed by atoms with van der Waals surface area (Å²) in [5.41, 5.74) is 1.11. The number of furan rings is 1. The molecule has 1 aromatic heterocycles. The lowest BCUT2D eigenvalue weighted by Crippen LogP contribution is -2.42. The molecule has 0 spiro atoms. The van der Waals surface area contributed by atoms with Crippen molar-refractivity contribution < 1.29 is 14.3 Å². The van der Waals surface area contributed by atoms with Crippen LogP contribution in [0.25, 0.3) is 6.08 Å². The molecule has 1 amide bonds. The van der Waals surface area contributed by atoms with Crippen molar-refractivity contribution in [1.82, 2.24) is 5.32 Å². The number of hydrogen-bond donors (Lipinski definition) is 2. The Hall–Kier alpha value is -2.33. The van der Waals surface area contributed by atoms with Crippen LogP contribution in [-0.2, 0) is 16.8 Å². The number of aryl methyl sites for hydroxylation is 1. The highest BCUT2D eigenvalue weighted by Gasteiger charge is 2.34. The third kappa shape index (κ3) is 3.12. The number of carbonyl (C=O) groups is 1. The molecule has 0 radical (unpaired) electrons. The van der Waals surface area contributed by atoms with E-state index in [1.54, 1.807) is 24.5 Å². The van der Waals surface area contributed by atoms with Gasteiger partial charge in [-0.15, -0.1) is 0 Å². The summed E-state index contributed by atoms with van der Waals surface area (Å²) in [6, 6.07) is 11.4. The van der Waals surface area contributed by atoms with Crippen molar-refractivity contribution in [2.24, 2.45) is 0 Å². The lowest BCUT2D eigenvalue weighted by molar-refractivity contribution is -0.118. The van der Waals surface area contributed by atoms with Crippen LogP contribution in [0.5, 0.6) is 0 Å². The zero-order valence-corrected chi connectivity index (χ0v) is 12.3. The standard InChI is InChI=1S/C18H19NO3/c20-17(10-9-15-7-4-12-22-15)19-13-18(21)11-3-6-14-5-1-2-8-16(14)18/h1-2,4-5,7-10,12,21H,3,6,11,13H2,(H,19,20). The number of nitrogens with one attached hydrogen (secondary N) is 1. The molecule has 2 N–H and O–H groups in total. The first-order chi connectivity index (χ1) is 10.7. The molecule has 4 nitrogen and oxygen atoms in total. The molecule has 1 aromatic carbocycles. The summed E-state index contributed by atoms with van der Waals surface area (Å²) in [5.74, 6) is 0.379. The topological polar surface area (TPSA) is 62.5 Å². The number of hydrogen-bond acceptors (Lipinski definition) is 3. The van der Waals surface area contributed by atoms with E-state index in [0.29, 0.717) is 12.2 Å². The molecular weight excluding hydrogens is 278 g/mol. The molecule has 0 fully saturated rings. The first kappa shape index (κ1) is 14.6. The smallest absolute Gasteiger partial charge is 0.244 e. The van der Waals surface area contributed by atoms with Crippen molar-refractivity contribution in [3.63, 3.8) is 0 Å². The van der Waals surface area contributed by atoms with Crippen molar-refractivity contribution in [2.45, 2.75) is 24.9 Å². The second-order valence-electron chi connectivity index (χ2n) is 5.61. The van der Waals surface area contributed by atoms with Gasteiger partial charge in [-0.25, -0.2) is 0 Å². The molecule has 4 heteroatoms. The van der Waals surface area contributed by atoms with E-state index in [0.717, 1.165) is 24.0 Å². The number of carbonyl (C=O) groups excluding carboxylic acids is 1. The average molecular weight is 297 g/mol. The van der Waals surface area contributed by atoms with Crippen LogP contribution in [0, 0.1) is 0 Å². The molecule has 0 saturated heterocycles. The van der Waals surface area contributed by atoms with Crippen LogP contribution < -0.4 is 5.32 Å². The average Bonchev–Trinajstić information content (AvgIpc) is 3.05.